The van der Waals surface area contributed by atoms with Gasteiger partial charge in [-0.25, -0.2) is 8.42 Å². The molecule has 7 heteroatoms. The lowest BCUT2D eigenvalue weighted by atomic mass is 10.1. The van der Waals surface area contributed by atoms with Crippen molar-refractivity contribution >= 4 is 38.6 Å². The summed E-state index contributed by atoms with van der Waals surface area (Å²) in [6, 6.07) is 7.25. The highest BCUT2D eigenvalue weighted by Crippen LogP contribution is 2.35. The van der Waals surface area contributed by atoms with Crippen LogP contribution < -0.4 is 9.62 Å². The molecule has 0 spiro atoms. The van der Waals surface area contributed by atoms with Gasteiger partial charge in [-0.05, 0) is 42.5 Å². The number of hydrogen-bond acceptors (Lipinski definition) is 4. The van der Waals surface area contributed by atoms with Gasteiger partial charge in [0.15, 0.2) is 0 Å². The zero-order valence-electron chi connectivity index (χ0n) is 12.3. The lowest BCUT2D eigenvalue weighted by molar-refractivity contribution is 0.103. The number of thiophene rings is 1. The first-order chi connectivity index (χ1) is 10.4. The van der Waals surface area contributed by atoms with Crippen LogP contribution in [0.3, 0.4) is 0 Å². The number of amides is 1. The molecular weight excluding hydrogens is 320 g/mol. The van der Waals surface area contributed by atoms with E-state index in [0.717, 1.165) is 11.1 Å². The Kier molecular flexibility index (Phi) is 3.70. The minimum Gasteiger partial charge on any atom is -0.321 e. The van der Waals surface area contributed by atoms with E-state index < -0.39 is 10.0 Å². The molecule has 1 aromatic carbocycles. The molecule has 0 fully saturated rings. The van der Waals surface area contributed by atoms with Crippen LogP contribution in [0.25, 0.3) is 0 Å². The van der Waals surface area contributed by atoms with Crippen LogP contribution in [0, 0.1) is 6.92 Å². The number of benzene rings is 1. The van der Waals surface area contributed by atoms with E-state index >= 15 is 0 Å². The fraction of sp³-hybridized carbons (Fsp3) is 0.267. The first kappa shape index (κ1) is 15.1. The van der Waals surface area contributed by atoms with Crippen molar-refractivity contribution in [1.82, 2.24) is 0 Å². The number of hydrogen-bond donors (Lipinski definition) is 1. The molecule has 22 heavy (non-hydrogen) atoms. The molecule has 1 amide bonds. The molecule has 116 valence electrons. The Labute approximate surface area is 133 Å². The van der Waals surface area contributed by atoms with E-state index in [9.17, 15) is 13.2 Å². The Morgan fingerprint density at radius 1 is 1.32 bits per heavy atom. The maximum Gasteiger partial charge on any atom is 0.266 e. The molecular formula is C15H16N2O3S2. The minimum atomic E-state index is -3.29. The maximum atomic E-state index is 12.3. The van der Waals surface area contributed by atoms with Crippen molar-refractivity contribution in [1.29, 1.82) is 0 Å². The monoisotopic (exact) mass is 336 g/mol. The largest absolute Gasteiger partial charge is 0.321 e. The highest BCUT2D eigenvalue weighted by molar-refractivity contribution is 7.92. The first-order valence-corrected chi connectivity index (χ1v) is 9.56. The summed E-state index contributed by atoms with van der Waals surface area (Å²) >= 11 is 1.40. The van der Waals surface area contributed by atoms with Crippen molar-refractivity contribution < 1.29 is 13.2 Å². The van der Waals surface area contributed by atoms with Gasteiger partial charge in [-0.3, -0.25) is 9.10 Å². The van der Waals surface area contributed by atoms with Crippen molar-refractivity contribution in [3.8, 4) is 0 Å². The van der Waals surface area contributed by atoms with Crippen LogP contribution >= 0.6 is 11.3 Å². The molecule has 2 heterocycles. The summed E-state index contributed by atoms with van der Waals surface area (Å²) in [5.41, 5.74) is 3.15. The smallest absolute Gasteiger partial charge is 0.266 e. The Morgan fingerprint density at radius 3 is 2.73 bits per heavy atom. The van der Waals surface area contributed by atoms with Crippen LogP contribution in [-0.4, -0.2) is 27.1 Å². The molecule has 1 aliphatic rings. The van der Waals surface area contributed by atoms with Gasteiger partial charge in [-0.1, -0.05) is 6.07 Å². The average molecular weight is 336 g/mol. The van der Waals surface area contributed by atoms with Gasteiger partial charge in [0.2, 0.25) is 10.0 Å². The molecule has 0 unspecified atom stereocenters. The summed E-state index contributed by atoms with van der Waals surface area (Å²) in [5.74, 6) is -0.154. The number of nitrogens with zero attached hydrogens (tertiary/aromatic N) is 1. The third kappa shape index (κ3) is 2.62. The third-order valence-corrected chi connectivity index (χ3v) is 5.90. The van der Waals surface area contributed by atoms with Gasteiger partial charge in [0.25, 0.3) is 5.91 Å². The number of anilines is 2. The molecule has 1 aliphatic heterocycles. The quantitative estimate of drug-likeness (QED) is 0.937. The Hall–Kier alpha value is -1.86. The van der Waals surface area contributed by atoms with Crippen molar-refractivity contribution in [2.45, 2.75) is 13.3 Å². The van der Waals surface area contributed by atoms with Gasteiger partial charge >= 0.3 is 0 Å². The lowest BCUT2D eigenvalue weighted by Gasteiger charge is -2.17. The van der Waals surface area contributed by atoms with E-state index in [4.69, 9.17) is 0 Å². The van der Waals surface area contributed by atoms with E-state index in [2.05, 4.69) is 5.32 Å². The SMILES string of the molecule is Cc1ccsc1C(=O)Nc1cccc2c1CCN2S(C)(=O)=O. The molecule has 0 radical (unpaired) electrons. The number of aryl methyl sites for hydroxylation is 1. The second kappa shape index (κ2) is 5.40. The molecule has 0 aliphatic carbocycles. The van der Waals surface area contributed by atoms with Crippen LogP contribution in [0.5, 0.6) is 0 Å². The fourth-order valence-electron chi connectivity index (χ4n) is 2.65. The van der Waals surface area contributed by atoms with Gasteiger partial charge in [0.1, 0.15) is 0 Å². The van der Waals surface area contributed by atoms with E-state index in [1.807, 2.05) is 24.4 Å². The lowest BCUT2D eigenvalue weighted by Crippen LogP contribution is -2.27. The van der Waals surface area contributed by atoms with Crippen LogP contribution in [0.1, 0.15) is 20.8 Å². The normalized spacial score (nSPS) is 14.0. The number of sulfonamides is 1. The van der Waals surface area contributed by atoms with Gasteiger partial charge < -0.3 is 5.32 Å². The molecule has 3 rings (SSSR count). The van der Waals surface area contributed by atoms with E-state index in [0.29, 0.717) is 29.2 Å². The number of fused-ring (bicyclic) bond motifs is 1. The highest BCUT2D eigenvalue weighted by Gasteiger charge is 2.28. The third-order valence-electron chi connectivity index (χ3n) is 3.70. The number of carbonyl (C=O) groups is 1. The summed E-state index contributed by atoms with van der Waals surface area (Å²) in [6.07, 6.45) is 1.80. The van der Waals surface area contributed by atoms with Crippen molar-refractivity contribution in [3.63, 3.8) is 0 Å². The van der Waals surface area contributed by atoms with Gasteiger partial charge in [-0.15, -0.1) is 11.3 Å². The van der Waals surface area contributed by atoms with E-state index in [1.54, 1.807) is 12.1 Å². The molecule has 0 saturated heterocycles. The van der Waals surface area contributed by atoms with Crippen LogP contribution in [-0.2, 0) is 16.4 Å². The van der Waals surface area contributed by atoms with E-state index in [1.165, 1.54) is 21.9 Å². The molecule has 2 aromatic rings. The van der Waals surface area contributed by atoms with Crippen LogP contribution in [0.2, 0.25) is 0 Å². The molecule has 0 atom stereocenters. The molecule has 0 saturated carbocycles. The number of carbonyl (C=O) groups excluding carboxylic acids is 1. The summed E-state index contributed by atoms with van der Waals surface area (Å²) in [6.45, 7) is 2.31. The summed E-state index contributed by atoms with van der Waals surface area (Å²) in [5, 5.41) is 4.79. The maximum absolute atomic E-state index is 12.3. The second-order valence-corrected chi connectivity index (χ2v) is 8.10. The van der Waals surface area contributed by atoms with Crippen LogP contribution in [0.4, 0.5) is 11.4 Å². The number of nitrogens with one attached hydrogen (secondary N) is 1. The Morgan fingerprint density at radius 2 is 2.09 bits per heavy atom. The van der Waals surface area contributed by atoms with E-state index in [-0.39, 0.29) is 5.91 Å². The fourth-order valence-corrected chi connectivity index (χ4v) is 4.42. The van der Waals surface area contributed by atoms with Crippen LogP contribution in [0.15, 0.2) is 29.6 Å². The average Bonchev–Trinajstić information content (AvgIpc) is 3.04. The molecule has 0 bridgehead atoms. The standard InChI is InChI=1S/C15H16N2O3S2/c1-10-7-9-21-14(10)15(18)16-12-4-3-5-13-11(12)6-8-17(13)22(2,19)20/h3-5,7,9H,6,8H2,1-2H3,(H,16,18). The minimum absolute atomic E-state index is 0.154. The zero-order valence-corrected chi connectivity index (χ0v) is 13.9. The van der Waals surface area contributed by atoms with Crippen molar-refractivity contribution in [2.75, 3.05) is 22.4 Å². The van der Waals surface area contributed by atoms with Crippen molar-refractivity contribution in [2.24, 2.45) is 0 Å². The molecule has 5 nitrogen and oxygen atoms in total. The zero-order chi connectivity index (χ0) is 15.9. The van der Waals surface area contributed by atoms with Crippen molar-refractivity contribution in [3.05, 3.63) is 45.6 Å². The topological polar surface area (TPSA) is 66.5 Å². The Bertz CT molecular complexity index is 840. The highest BCUT2D eigenvalue weighted by atomic mass is 32.2. The van der Waals surface area contributed by atoms with Gasteiger partial charge in [0, 0.05) is 17.8 Å². The predicted octanol–water partition coefficient (Wildman–Crippen LogP) is 2.63. The van der Waals surface area contributed by atoms with Gasteiger partial charge in [0.05, 0.1) is 16.8 Å². The summed E-state index contributed by atoms with van der Waals surface area (Å²) < 4.78 is 25.0. The summed E-state index contributed by atoms with van der Waals surface area (Å²) in [4.78, 5) is 13.0. The molecule has 1 aromatic heterocycles. The second-order valence-electron chi connectivity index (χ2n) is 5.28. The summed E-state index contributed by atoms with van der Waals surface area (Å²) in [7, 11) is -3.29. The number of rotatable bonds is 3. The Balaban J connectivity index is 1.93. The first-order valence-electron chi connectivity index (χ1n) is 6.83. The van der Waals surface area contributed by atoms with Gasteiger partial charge in [-0.2, -0.15) is 0 Å². The predicted molar refractivity (Wildman–Crippen MR) is 89.3 cm³/mol. The molecule has 1 N–H and O–H groups in total.